The van der Waals surface area contributed by atoms with Crippen LogP contribution in [-0.2, 0) is 4.79 Å². The van der Waals surface area contributed by atoms with E-state index in [1.165, 1.54) is 4.70 Å². The van der Waals surface area contributed by atoms with E-state index in [2.05, 4.69) is 26.0 Å². The Hall–Kier alpha value is -1.42. The molecule has 19 heavy (non-hydrogen) atoms. The molecule has 0 radical (unpaired) electrons. The number of aryl methyl sites for hydroxylation is 1. The van der Waals surface area contributed by atoms with Crippen LogP contribution in [0.15, 0.2) is 18.2 Å². The van der Waals surface area contributed by atoms with Crippen molar-refractivity contribution in [2.75, 3.05) is 0 Å². The molecule has 1 heterocycles. The van der Waals surface area contributed by atoms with Crippen LogP contribution in [0, 0.1) is 18.8 Å². The van der Waals surface area contributed by atoms with Gasteiger partial charge in [0.25, 0.3) is 0 Å². The maximum atomic E-state index is 11.4. The highest BCUT2D eigenvalue weighted by molar-refractivity contribution is 7.18. The van der Waals surface area contributed by atoms with E-state index in [1.54, 1.807) is 11.3 Å². The van der Waals surface area contributed by atoms with Gasteiger partial charge >= 0.3 is 5.97 Å². The summed E-state index contributed by atoms with van der Waals surface area (Å²) in [7, 11) is 0. The Morgan fingerprint density at radius 2 is 2.21 bits per heavy atom. The number of rotatable bonds is 2. The molecule has 3 unspecified atom stereocenters. The number of aromatic nitrogens is 1. The van der Waals surface area contributed by atoms with E-state index in [-0.39, 0.29) is 11.8 Å². The average molecular weight is 275 g/mol. The number of fused-ring (bicyclic) bond motifs is 1. The van der Waals surface area contributed by atoms with Crippen LogP contribution in [0.2, 0.25) is 0 Å². The van der Waals surface area contributed by atoms with Crippen molar-refractivity contribution in [3.05, 3.63) is 28.8 Å². The Kier molecular flexibility index (Phi) is 3.05. The summed E-state index contributed by atoms with van der Waals surface area (Å²) in [6.45, 7) is 4.19. The number of hydrogen-bond donors (Lipinski definition) is 1. The lowest BCUT2D eigenvalue weighted by molar-refractivity contribution is -0.142. The largest absolute Gasteiger partial charge is 0.481 e. The van der Waals surface area contributed by atoms with Gasteiger partial charge in [0.1, 0.15) is 0 Å². The molecule has 3 nitrogen and oxygen atoms in total. The first-order chi connectivity index (χ1) is 9.06. The summed E-state index contributed by atoms with van der Waals surface area (Å²) in [5.74, 6) is -0.385. The number of benzene rings is 1. The SMILES string of the molecule is Cc1cccc2sc(C3CC(C)CC3C(=O)O)nc12. The van der Waals surface area contributed by atoms with E-state index >= 15 is 0 Å². The number of aliphatic carboxylic acids is 1. The summed E-state index contributed by atoms with van der Waals surface area (Å²) in [6.07, 6.45) is 1.71. The molecule has 1 aromatic heterocycles. The van der Waals surface area contributed by atoms with Crippen molar-refractivity contribution >= 4 is 27.5 Å². The minimum Gasteiger partial charge on any atom is -0.481 e. The predicted octanol–water partition coefficient (Wildman–Crippen LogP) is 3.82. The summed E-state index contributed by atoms with van der Waals surface area (Å²) in [5.41, 5.74) is 2.20. The molecule has 1 aliphatic carbocycles. The number of carboxylic acid groups (broad SMARTS) is 1. The van der Waals surface area contributed by atoms with Crippen molar-refractivity contribution in [1.82, 2.24) is 4.98 Å². The minimum atomic E-state index is -0.676. The van der Waals surface area contributed by atoms with E-state index in [4.69, 9.17) is 4.98 Å². The van der Waals surface area contributed by atoms with Crippen LogP contribution in [0.1, 0.15) is 36.3 Å². The second-order valence-corrected chi connectivity index (χ2v) is 6.66. The highest BCUT2D eigenvalue weighted by Crippen LogP contribution is 2.45. The minimum absolute atomic E-state index is 0.0873. The van der Waals surface area contributed by atoms with Crippen LogP contribution in [-0.4, -0.2) is 16.1 Å². The molecule has 3 atom stereocenters. The topological polar surface area (TPSA) is 50.2 Å². The molecule has 2 aromatic rings. The molecule has 1 fully saturated rings. The van der Waals surface area contributed by atoms with E-state index in [0.717, 1.165) is 28.9 Å². The van der Waals surface area contributed by atoms with Gasteiger partial charge in [-0.15, -0.1) is 11.3 Å². The molecule has 1 aliphatic rings. The number of para-hydroxylation sites is 1. The number of thiazole rings is 1. The third kappa shape index (κ3) is 2.14. The van der Waals surface area contributed by atoms with Gasteiger partial charge in [-0.3, -0.25) is 4.79 Å². The molecule has 0 spiro atoms. The fraction of sp³-hybridized carbons (Fsp3) is 0.467. The quantitative estimate of drug-likeness (QED) is 0.906. The van der Waals surface area contributed by atoms with E-state index in [1.807, 2.05) is 6.07 Å². The predicted molar refractivity (Wildman–Crippen MR) is 76.6 cm³/mol. The zero-order valence-corrected chi connectivity index (χ0v) is 11.9. The van der Waals surface area contributed by atoms with Crippen molar-refractivity contribution in [2.24, 2.45) is 11.8 Å². The molecule has 0 aliphatic heterocycles. The standard InChI is InChI=1S/C15H17NO2S/c1-8-6-10(11(7-8)15(17)18)14-16-13-9(2)4-3-5-12(13)19-14/h3-5,8,10-11H,6-7H2,1-2H3,(H,17,18). The van der Waals surface area contributed by atoms with Gasteiger partial charge in [-0.2, -0.15) is 0 Å². The van der Waals surface area contributed by atoms with Gasteiger partial charge in [0, 0.05) is 5.92 Å². The van der Waals surface area contributed by atoms with Crippen LogP contribution in [0.25, 0.3) is 10.2 Å². The molecule has 1 saturated carbocycles. The molecule has 100 valence electrons. The number of hydrogen-bond acceptors (Lipinski definition) is 3. The summed E-state index contributed by atoms with van der Waals surface area (Å²) in [5, 5.41) is 10.4. The Morgan fingerprint density at radius 3 is 2.89 bits per heavy atom. The molecule has 3 rings (SSSR count). The maximum Gasteiger partial charge on any atom is 0.307 e. The highest BCUT2D eigenvalue weighted by Gasteiger charge is 2.39. The van der Waals surface area contributed by atoms with Crippen LogP contribution >= 0.6 is 11.3 Å². The van der Waals surface area contributed by atoms with Crippen LogP contribution in [0.4, 0.5) is 0 Å². The van der Waals surface area contributed by atoms with Crippen molar-refractivity contribution in [1.29, 1.82) is 0 Å². The lowest BCUT2D eigenvalue weighted by Gasteiger charge is -2.11. The zero-order valence-electron chi connectivity index (χ0n) is 11.1. The van der Waals surface area contributed by atoms with Gasteiger partial charge in [0.2, 0.25) is 0 Å². The van der Waals surface area contributed by atoms with Crippen molar-refractivity contribution in [3.8, 4) is 0 Å². The molecule has 0 bridgehead atoms. The first kappa shape index (κ1) is 12.6. The molecule has 0 saturated heterocycles. The van der Waals surface area contributed by atoms with Crippen molar-refractivity contribution in [2.45, 2.75) is 32.6 Å². The molecule has 4 heteroatoms. The van der Waals surface area contributed by atoms with E-state index in [0.29, 0.717) is 5.92 Å². The molecular weight excluding hydrogens is 258 g/mol. The van der Waals surface area contributed by atoms with Gasteiger partial charge in [-0.05, 0) is 37.3 Å². The Bertz CT molecular complexity index is 634. The summed E-state index contributed by atoms with van der Waals surface area (Å²) in [6, 6.07) is 6.15. The van der Waals surface area contributed by atoms with Gasteiger partial charge in [-0.25, -0.2) is 4.98 Å². The molecule has 1 N–H and O–H groups in total. The fourth-order valence-corrected chi connectivity index (χ4v) is 4.32. The number of carbonyl (C=O) groups is 1. The van der Waals surface area contributed by atoms with Gasteiger partial charge < -0.3 is 5.11 Å². The van der Waals surface area contributed by atoms with Crippen LogP contribution in [0.5, 0.6) is 0 Å². The second-order valence-electron chi connectivity index (χ2n) is 5.60. The zero-order chi connectivity index (χ0) is 13.6. The van der Waals surface area contributed by atoms with Gasteiger partial charge in [0.05, 0.1) is 21.1 Å². The molecule has 0 amide bonds. The normalized spacial score (nSPS) is 26.9. The number of nitrogens with zero attached hydrogens (tertiary/aromatic N) is 1. The monoisotopic (exact) mass is 275 g/mol. The van der Waals surface area contributed by atoms with Crippen LogP contribution in [0.3, 0.4) is 0 Å². The highest BCUT2D eigenvalue weighted by atomic mass is 32.1. The molecule has 1 aromatic carbocycles. The average Bonchev–Trinajstić information content (AvgIpc) is 2.93. The second kappa shape index (κ2) is 4.60. The summed E-state index contributed by atoms with van der Waals surface area (Å²) in [4.78, 5) is 16.1. The smallest absolute Gasteiger partial charge is 0.307 e. The lowest BCUT2D eigenvalue weighted by Crippen LogP contribution is -2.16. The Labute approximate surface area is 116 Å². The Morgan fingerprint density at radius 1 is 1.42 bits per heavy atom. The third-order valence-electron chi connectivity index (χ3n) is 4.07. The Balaban J connectivity index is 2.04. The van der Waals surface area contributed by atoms with E-state index < -0.39 is 5.97 Å². The molecular formula is C15H17NO2S. The fourth-order valence-electron chi connectivity index (χ4n) is 3.10. The number of carboxylic acids is 1. The first-order valence-corrected chi connectivity index (χ1v) is 7.46. The third-order valence-corrected chi connectivity index (χ3v) is 5.22. The van der Waals surface area contributed by atoms with Crippen molar-refractivity contribution in [3.63, 3.8) is 0 Å². The maximum absolute atomic E-state index is 11.4. The lowest BCUT2D eigenvalue weighted by atomic mass is 9.97. The van der Waals surface area contributed by atoms with Crippen LogP contribution < -0.4 is 0 Å². The van der Waals surface area contributed by atoms with Gasteiger partial charge in [0.15, 0.2) is 0 Å². The van der Waals surface area contributed by atoms with Crippen molar-refractivity contribution < 1.29 is 9.90 Å². The summed E-state index contributed by atoms with van der Waals surface area (Å²) < 4.78 is 1.17. The summed E-state index contributed by atoms with van der Waals surface area (Å²) >= 11 is 1.66. The first-order valence-electron chi connectivity index (χ1n) is 6.65. The van der Waals surface area contributed by atoms with Gasteiger partial charge in [-0.1, -0.05) is 19.1 Å². The van der Waals surface area contributed by atoms with E-state index in [9.17, 15) is 9.90 Å².